The van der Waals surface area contributed by atoms with Gasteiger partial charge in [-0.1, -0.05) is 37.8 Å². The molecular formula is C29H42N2O7. The molecule has 2 amide bonds. The van der Waals surface area contributed by atoms with Crippen LogP contribution in [0.4, 0.5) is 0 Å². The number of benzene rings is 1. The molecule has 1 heterocycles. The molecule has 1 saturated heterocycles. The Balaban J connectivity index is 1.75. The van der Waals surface area contributed by atoms with Gasteiger partial charge in [0.15, 0.2) is 11.6 Å². The minimum atomic E-state index is -0.861. The summed E-state index contributed by atoms with van der Waals surface area (Å²) in [6.07, 6.45) is 4.14. The molecule has 1 aliphatic carbocycles. The van der Waals surface area contributed by atoms with Gasteiger partial charge in [-0.3, -0.25) is 19.2 Å². The van der Waals surface area contributed by atoms with Gasteiger partial charge in [-0.05, 0) is 57.2 Å². The van der Waals surface area contributed by atoms with Crippen molar-refractivity contribution in [2.24, 2.45) is 11.8 Å². The zero-order valence-electron chi connectivity index (χ0n) is 23.0. The number of ether oxygens (including phenoxy) is 2. The summed E-state index contributed by atoms with van der Waals surface area (Å²) in [5.74, 6) is -0.898. The summed E-state index contributed by atoms with van der Waals surface area (Å²) in [4.78, 5) is 52.0. The normalized spacial score (nSPS) is 22.1. The Hall–Kier alpha value is -2.78. The lowest BCUT2D eigenvalue weighted by Crippen LogP contribution is -2.49. The summed E-state index contributed by atoms with van der Waals surface area (Å²) < 4.78 is 10.6. The van der Waals surface area contributed by atoms with Crippen molar-refractivity contribution >= 4 is 23.4 Å². The lowest BCUT2D eigenvalue weighted by molar-refractivity contribution is -0.134. The number of amides is 2. The van der Waals surface area contributed by atoms with Crippen molar-refractivity contribution in [2.45, 2.75) is 95.9 Å². The molecule has 5 atom stereocenters. The SMILES string of the molecule is COc1ccc(C[C@H](CC(=O)[C@@H](C)NC(=O)C[C@@H](C)O)C(=O)N[C@@H](CC2CCCC2)C(=O)[C@@]2(C)CO2)cc1. The summed E-state index contributed by atoms with van der Waals surface area (Å²) >= 11 is 0. The molecule has 9 heteroatoms. The van der Waals surface area contributed by atoms with Crippen LogP contribution < -0.4 is 15.4 Å². The summed E-state index contributed by atoms with van der Waals surface area (Å²) in [6, 6.07) is 5.79. The minimum Gasteiger partial charge on any atom is -0.497 e. The van der Waals surface area contributed by atoms with Crippen LogP contribution in [-0.2, 0) is 30.3 Å². The van der Waals surface area contributed by atoms with Crippen molar-refractivity contribution < 1.29 is 33.8 Å². The van der Waals surface area contributed by atoms with Gasteiger partial charge >= 0.3 is 0 Å². The molecule has 3 rings (SSSR count). The number of carbonyl (C=O) groups excluding carboxylic acids is 4. The zero-order chi connectivity index (χ0) is 27.9. The smallest absolute Gasteiger partial charge is 0.224 e. The van der Waals surface area contributed by atoms with Gasteiger partial charge < -0.3 is 25.2 Å². The average Bonchev–Trinajstić information content (AvgIpc) is 3.41. The van der Waals surface area contributed by atoms with E-state index in [9.17, 15) is 24.3 Å². The van der Waals surface area contributed by atoms with E-state index >= 15 is 0 Å². The molecule has 2 fully saturated rings. The van der Waals surface area contributed by atoms with E-state index in [1.807, 2.05) is 12.1 Å². The topological polar surface area (TPSA) is 134 Å². The molecule has 0 spiro atoms. The third kappa shape index (κ3) is 8.63. The van der Waals surface area contributed by atoms with E-state index in [0.29, 0.717) is 24.7 Å². The molecule has 0 bridgehead atoms. The van der Waals surface area contributed by atoms with Crippen molar-refractivity contribution in [1.82, 2.24) is 10.6 Å². The molecule has 0 unspecified atom stereocenters. The molecule has 1 saturated carbocycles. The van der Waals surface area contributed by atoms with E-state index in [1.54, 1.807) is 33.1 Å². The molecule has 1 aliphatic heterocycles. The van der Waals surface area contributed by atoms with Crippen molar-refractivity contribution in [3.05, 3.63) is 29.8 Å². The summed E-state index contributed by atoms with van der Waals surface area (Å²) in [7, 11) is 1.57. The number of carbonyl (C=O) groups is 4. The van der Waals surface area contributed by atoms with Crippen LogP contribution in [0.3, 0.4) is 0 Å². The number of ketones is 2. The molecule has 9 nitrogen and oxygen atoms in total. The Morgan fingerprint density at radius 2 is 1.71 bits per heavy atom. The number of epoxide rings is 1. The number of aliphatic hydroxyl groups is 1. The number of nitrogens with one attached hydrogen (secondary N) is 2. The van der Waals surface area contributed by atoms with Crippen molar-refractivity contribution in [3.63, 3.8) is 0 Å². The van der Waals surface area contributed by atoms with Crippen LogP contribution in [0.2, 0.25) is 0 Å². The van der Waals surface area contributed by atoms with Crippen LogP contribution >= 0.6 is 0 Å². The number of hydrogen-bond donors (Lipinski definition) is 3. The maximum atomic E-state index is 13.6. The third-order valence-corrected chi connectivity index (χ3v) is 7.58. The summed E-state index contributed by atoms with van der Waals surface area (Å²) in [5.41, 5.74) is -0.0128. The van der Waals surface area contributed by atoms with E-state index in [2.05, 4.69) is 10.6 Å². The second-order valence-electron chi connectivity index (χ2n) is 11.1. The van der Waals surface area contributed by atoms with E-state index in [0.717, 1.165) is 31.2 Å². The Morgan fingerprint density at radius 3 is 2.26 bits per heavy atom. The number of aliphatic hydroxyl groups excluding tert-OH is 1. The van der Waals surface area contributed by atoms with Crippen LogP contribution in [0.1, 0.15) is 71.3 Å². The molecule has 3 N–H and O–H groups in total. The maximum Gasteiger partial charge on any atom is 0.224 e. The zero-order valence-corrected chi connectivity index (χ0v) is 23.0. The molecule has 0 aromatic heterocycles. The van der Waals surface area contributed by atoms with Gasteiger partial charge in [0.2, 0.25) is 11.8 Å². The predicted octanol–water partition coefficient (Wildman–Crippen LogP) is 2.51. The fourth-order valence-corrected chi connectivity index (χ4v) is 5.09. The van der Waals surface area contributed by atoms with Gasteiger partial charge in [0, 0.05) is 12.3 Å². The molecule has 38 heavy (non-hydrogen) atoms. The third-order valence-electron chi connectivity index (χ3n) is 7.58. The number of hydrogen-bond acceptors (Lipinski definition) is 7. The highest BCUT2D eigenvalue weighted by Crippen LogP contribution is 2.33. The van der Waals surface area contributed by atoms with Crippen molar-refractivity contribution in [3.8, 4) is 5.75 Å². The van der Waals surface area contributed by atoms with E-state index in [1.165, 1.54) is 6.92 Å². The van der Waals surface area contributed by atoms with Gasteiger partial charge in [-0.25, -0.2) is 0 Å². The first kappa shape index (κ1) is 29.8. The molecular weight excluding hydrogens is 488 g/mol. The lowest BCUT2D eigenvalue weighted by atomic mass is 9.88. The first-order valence-electron chi connectivity index (χ1n) is 13.6. The number of Topliss-reactive ketones (excluding diaryl/α,β-unsaturated/α-hetero) is 2. The van der Waals surface area contributed by atoms with Gasteiger partial charge in [-0.2, -0.15) is 0 Å². The number of methoxy groups -OCH3 is 1. The molecule has 0 radical (unpaired) electrons. The van der Waals surface area contributed by atoms with Crippen LogP contribution in [-0.4, -0.2) is 66.0 Å². The first-order valence-corrected chi connectivity index (χ1v) is 13.6. The van der Waals surface area contributed by atoms with Crippen molar-refractivity contribution in [2.75, 3.05) is 13.7 Å². The maximum absolute atomic E-state index is 13.6. The van der Waals surface area contributed by atoms with Gasteiger partial charge in [0.05, 0.1) is 38.3 Å². The minimum absolute atomic E-state index is 0.105. The largest absolute Gasteiger partial charge is 0.497 e. The fourth-order valence-electron chi connectivity index (χ4n) is 5.09. The standard InChI is InChI=1S/C29H42N2O7/c1-18(32)13-26(34)30-19(2)25(33)16-22(14-21-9-11-23(37-4)12-10-21)28(36)31-24(15-20-7-5-6-8-20)27(35)29(3)17-38-29/h9-12,18-20,22,24,32H,5-8,13-17H2,1-4H3,(H,30,34)(H,31,36)/t18-,19-,22-,24+,29-/m1/s1. The van der Waals surface area contributed by atoms with Crippen LogP contribution in [0.15, 0.2) is 24.3 Å². The van der Waals surface area contributed by atoms with E-state index in [-0.39, 0.29) is 36.7 Å². The summed E-state index contributed by atoms with van der Waals surface area (Å²) in [6.45, 7) is 5.17. The fraction of sp³-hybridized carbons (Fsp3) is 0.655. The van der Waals surface area contributed by atoms with E-state index in [4.69, 9.17) is 9.47 Å². The van der Waals surface area contributed by atoms with E-state index < -0.39 is 35.6 Å². The van der Waals surface area contributed by atoms with Crippen molar-refractivity contribution in [1.29, 1.82) is 0 Å². The van der Waals surface area contributed by atoms with Crippen LogP contribution in [0, 0.1) is 11.8 Å². The lowest BCUT2D eigenvalue weighted by Gasteiger charge is -2.26. The molecule has 210 valence electrons. The highest BCUT2D eigenvalue weighted by atomic mass is 16.6. The highest BCUT2D eigenvalue weighted by molar-refractivity contribution is 5.98. The number of rotatable bonds is 15. The average molecular weight is 531 g/mol. The Morgan fingerprint density at radius 1 is 1.08 bits per heavy atom. The molecule has 1 aromatic rings. The monoisotopic (exact) mass is 530 g/mol. The second kappa shape index (κ2) is 13.3. The Labute approximate surface area is 225 Å². The molecule has 2 aliphatic rings. The van der Waals surface area contributed by atoms with Crippen LogP contribution in [0.25, 0.3) is 0 Å². The van der Waals surface area contributed by atoms with Gasteiger partial charge in [0.1, 0.15) is 11.4 Å². The summed E-state index contributed by atoms with van der Waals surface area (Å²) in [5, 5.41) is 15.0. The predicted molar refractivity (Wildman–Crippen MR) is 142 cm³/mol. The first-order chi connectivity index (χ1) is 18.0. The molecule has 1 aromatic carbocycles. The van der Waals surface area contributed by atoms with Gasteiger partial charge in [-0.15, -0.1) is 0 Å². The Kier molecular flexibility index (Phi) is 10.4. The van der Waals surface area contributed by atoms with Crippen LogP contribution in [0.5, 0.6) is 5.75 Å². The Bertz CT molecular complexity index is 981. The quantitative estimate of drug-likeness (QED) is 0.297. The second-order valence-corrected chi connectivity index (χ2v) is 11.1. The van der Waals surface area contributed by atoms with Gasteiger partial charge in [0.25, 0.3) is 0 Å². The highest BCUT2D eigenvalue weighted by Gasteiger charge is 2.50.